The first-order valence-corrected chi connectivity index (χ1v) is 8.24. The zero-order valence-electron chi connectivity index (χ0n) is 13.3. The SMILES string of the molecule is CCN(CC)CCN(C)S(=O)(=O)C(F)(F)C(F)(F)C(F)(F)C(F)(F)F. The zero-order chi connectivity index (χ0) is 20.5. The first kappa shape index (κ1) is 24.2. The van der Waals surface area contributed by atoms with Gasteiger partial charge < -0.3 is 4.90 Å². The molecule has 0 amide bonds. The van der Waals surface area contributed by atoms with Crippen molar-refractivity contribution in [1.29, 1.82) is 0 Å². The lowest BCUT2D eigenvalue weighted by Gasteiger charge is -2.35. The van der Waals surface area contributed by atoms with Gasteiger partial charge in [0, 0.05) is 20.1 Å². The Balaban J connectivity index is 5.74. The van der Waals surface area contributed by atoms with Crippen molar-refractivity contribution in [3.63, 3.8) is 0 Å². The molecule has 4 nitrogen and oxygen atoms in total. The van der Waals surface area contributed by atoms with E-state index in [0.717, 1.165) is 0 Å². The molecule has 0 aromatic heterocycles. The van der Waals surface area contributed by atoms with E-state index in [2.05, 4.69) is 0 Å². The van der Waals surface area contributed by atoms with Crippen LogP contribution in [-0.2, 0) is 10.0 Å². The molecule has 14 heteroatoms. The molecule has 0 aliphatic carbocycles. The first-order chi connectivity index (χ1) is 10.9. The van der Waals surface area contributed by atoms with Crippen LogP contribution in [0.4, 0.5) is 39.5 Å². The van der Waals surface area contributed by atoms with Crippen LogP contribution < -0.4 is 0 Å². The number of likely N-dealkylation sites (N-methyl/N-ethyl adjacent to an activating group) is 2. The molecule has 0 aliphatic rings. The maximum Gasteiger partial charge on any atom is 0.460 e. The van der Waals surface area contributed by atoms with Crippen molar-refractivity contribution in [2.45, 2.75) is 37.1 Å². The van der Waals surface area contributed by atoms with Gasteiger partial charge in [0.05, 0.1) is 0 Å². The maximum atomic E-state index is 13.6. The van der Waals surface area contributed by atoms with Crippen LogP contribution in [0.25, 0.3) is 0 Å². The van der Waals surface area contributed by atoms with Gasteiger partial charge in [0.2, 0.25) is 0 Å². The minimum atomic E-state index is -7.25. The van der Waals surface area contributed by atoms with E-state index in [0.29, 0.717) is 20.1 Å². The topological polar surface area (TPSA) is 40.6 Å². The van der Waals surface area contributed by atoms with Crippen LogP contribution >= 0.6 is 0 Å². The largest absolute Gasteiger partial charge is 0.460 e. The lowest BCUT2D eigenvalue weighted by atomic mass is 10.1. The standard InChI is InChI=1S/C11H17F9N2O2S/c1-4-22(5-2)7-6-21(3)25(23,24)11(19,20)9(14,15)8(12,13)10(16,17)18/h4-7H2,1-3H3. The van der Waals surface area contributed by atoms with Gasteiger partial charge in [-0.25, -0.2) is 8.42 Å². The lowest BCUT2D eigenvalue weighted by Crippen LogP contribution is -2.65. The van der Waals surface area contributed by atoms with Gasteiger partial charge >= 0.3 is 23.3 Å². The van der Waals surface area contributed by atoms with E-state index in [1.807, 2.05) is 0 Å². The van der Waals surface area contributed by atoms with E-state index in [4.69, 9.17) is 0 Å². The van der Waals surface area contributed by atoms with E-state index in [1.54, 1.807) is 13.8 Å². The molecule has 0 atom stereocenters. The summed E-state index contributed by atoms with van der Waals surface area (Å²) in [7, 11) is -6.12. The highest BCUT2D eigenvalue weighted by atomic mass is 32.2. The van der Waals surface area contributed by atoms with Gasteiger partial charge in [-0.2, -0.15) is 43.8 Å². The molecule has 0 bridgehead atoms. The molecule has 0 rings (SSSR count). The second kappa shape index (κ2) is 7.47. The van der Waals surface area contributed by atoms with Crippen molar-refractivity contribution in [2.24, 2.45) is 0 Å². The second-order valence-corrected chi connectivity index (χ2v) is 7.10. The summed E-state index contributed by atoms with van der Waals surface area (Å²) in [6.45, 7) is 2.87. The molecule has 0 radical (unpaired) electrons. The van der Waals surface area contributed by atoms with E-state index in [1.165, 1.54) is 4.90 Å². The average Bonchev–Trinajstić information content (AvgIpc) is 2.46. The molecule has 0 spiro atoms. The Hall–Kier alpha value is -0.760. The highest BCUT2D eigenvalue weighted by Gasteiger charge is 2.85. The van der Waals surface area contributed by atoms with E-state index in [9.17, 15) is 47.9 Å². The molecular weight excluding hydrogens is 395 g/mol. The maximum absolute atomic E-state index is 13.6. The van der Waals surface area contributed by atoms with Crippen LogP contribution in [0.1, 0.15) is 13.8 Å². The fourth-order valence-corrected chi connectivity index (χ4v) is 2.83. The Bertz CT molecular complexity index is 544. The van der Waals surface area contributed by atoms with Gasteiger partial charge in [-0.3, -0.25) is 0 Å². The summed E-state index contributed by atoms with van der Waals surface area (Å²) >= 11 is 0. The van der Waals surface area contributed by atoms with Gasteiger partial charge in [-0.05, 0) is 13.1 Å². The monoisotopic (exact) mass is 412 g/mol. The predicted octanol–water partition coefficient (Wildman–Crippen LogP) is 3.02. The molecule has 0 heterocycles. The number of nitrogens with zero attached hydrogens (tertiary/aromatic N) is 2. The summed E-state index contributed by atoms with van der Waals surface area (Å²) in [6.07, 6.45) is -7.07. The van der Waals surface area contributed by atoms with Crippen LogP contribution in [0.2, 0.25) is 0 Å². The summed E-state index contributed by atoms with van der Waals surface area (Å²) in [4.78, 5) is 1.49. The molecule has 0 aliphatic heterocycles. The van der Waals surface area contributed by atoms with Crippen LogP contribution in [0.5, 0.6) is 0 Å². The molecule has 0 unspecified atom stereocenters. The Kier molecular flexibility index (Phi) is 7.24. The van der Waals surface area contributed by atoms with E-state index < -0.39 is 39.8 Å². The van der Waals surface area contributed by atoms with Gasteiger partial charge in [0.15, 0.2) is 0 Å². The van der Waals surface area contributed by atoms with Crippen LogP contribution in [-0.4, -0.2) is 74.1 Å². The molecule has 0 saturated heterocycles. The fraction of sp³-hybridized carbons (Fsp3) is 1.00. The lowest BCUT2D eigenvalue weighted by molar-refractivity contribution is -0.382. The number of halogens is 9. The van der Waals surface area contributed by atoms with Crippen molar-refractivity contribution in [3.8, 4) is 0 Å². The Morgan fingerprint density at radius 2 is 1.16 bits per heavy atom. The zero-order valence-corrected chi connectivity index (χ0v) is 14.2. The number of rotatable bonds is 9. The second-order valence-electron chi connectivity index (χ2n) is 5.02. The highest BCUT2D eigenvalue weighted by Crippen LogP contribution is 2.55. The molecular formula is C11H17F9N2O2S. The van der Waals surface area contributed by atoms with Crippen molar-refractivity contribution in [1.82, 2.24) is 9.21 Å². The molecule has 0 aromatic carbocycles. The summed E-state index contributed by atoms with van der Waals surface area (Å²) in [6, 6.07) is 0. The highest BCUT2D eigenvalue weighted by molar-refractivity contribution is 7.90. The van der Waals surface area contributed by atoms with Crippen LogP contribution in [0, 0.1) is 0 Å². The fourth-order valence-electron chi connectivity index (χ4n) is 1.66. The van der Waals surface area contributed by atoms with Crippen LogP contribution in [0.3, 0.4) is 0 Å². The summed E-state index contributed by atoms with van der Waals surface area (Å²) in [5, 5.41) is -6.68. The van der Waals surface area contributed by atoms with Crippen molar-refractivity contribution >= 4 is 10.0 Å². The number of hydrogen-bond donors (Lipinski definition) is 0. The molecule has 152 valence electrons. The van der Waals surface area contributed by atoms with Crippen LogP contribution in [0.15, 0.2) is 0 Å². The summed E-state index contributed by atoms with van der Waals surface area (Å²) in [5.41, 5.74) is 0. The minimum absolute atomic E-state index is 0.222. The first-order valence-electron chi connectivity index (χ1n) is 6.80. The third-order valence-electron chi connectivity index (χ3n) is 3.48. The third kappa shape index (κ3) is 4.15. The smallest absolute Gasteiger partial charge is 0.303 e. The third-order valence-corrected chi connectivity index (χ3v) is 5.38. The Morgan fingerprint density at radius 1 is 0.760 bits per heavy atom. The minimum Gasteiger partial charge on any atom is -0.303 e. The quantitative estimate of drug-likeness (QED) is 0.547. The molecule has 0 fully saturated rings. The Morgan fingerprint density at radius 3 is 1.48 bits per heavy atom. The van der Waals surface area contributed by atoms with Gasteiger partial charge in [0.25, 0.3) is 10.0 Å². The predicted molar refractivity (Wildman–Crippen MR) is 70.2 cm³/mol. The molecule has 25 heavy (non-hydrogen) atoms. The molecule has 0 saturated carbocycles. The van der Waals surface area contributed by atoms with Gasteiger partial charge in [0.1, 0.15) is 0 Å². The van der Waals surface area contributed by atoms with E-state index >= 15 is 0 Å². The van der Waals surface area contributed by atoms with Crippen molar-refractivity contribution in [2.75, 3.05) is 33.2 Å². The normalized spacial score (nSPS) is 15.3. The van der Waals surface area contributed by atoms with Gasteiger partial charge in [-0.1, -0.05) is 13.8 Å². The van der Waals surface area contributed by atoms with Gasteiger partial charge in [-0.15, -0.1) is 0 Å². The molecule has 0 aromatic rings. The number of alkyl halides is 9. The summed E-state index contributed by atoms with van der Waals surface area (Å²) in [5.74, 6) is -14.5. The van der Waals surface area contributed by atoms with Crippen molar-refractivity contribution in [3.05, 3.63) is 0 Å². The summed E-state index contributed by atoms with van der Waals surface area (Å²) < 4.78 is 138. The van der Waals surface area contributed by atoms with E-state index in [-0.39, 0.29) is 10.8 Å². The number of sulfonamides is 1. The average molecular weight is 412 g/mol. The Labute approximate surface area is 138 Å². The molecule has 0 N–H and O–H groups in total. The number of hydrogen-bond acceptors (Lipinski definition) is 3. The van der Waals surface area contributed by atoms with Crippen molar-refractivity contribution < 1.29 is 47.9 Å².